The van der Waals surface area contributed by atoms with Gasteiger partial charge in [-0.05, 0) is 40.8 Å². The molecule has 1 aliphatic rings. The van der Waals surface area contributed by atoms with Gasteiger partial charge in [0.25, 0.3) is 0 Å². The third-order valence-corrected chi connectivity index (χ3v) is 3.85. The van der Waals surface area contributed by atoms with Crippen LogP contribution in [0.3, 0.4) is 0 Å². The lowest BCUT2D eigenvalue weighted by Gasteiger charge is -2.27. The number of rotatable bonds is 5. The third kappa shape index (κ3) is 4.58. The molecule has 100 valence electrons. The zero-order valence-corrected chi connectivity index (χ0v) is 12.4. The lowest BCUT2D eigenvalue weighted by molar-refractivity contribution is 0.266. The van der Waals surface area contributed by atoms with E-state index in [-0.39, 0.29) is 0 Å². The Labute approximate surface area is 117 Å². The van der Waals surface area contributed by atoms with Gasteiger partial charge in [0.2, 0.25) is 0 Å². The van der Waals surface area contributed by atoms with Crippen LogP contribution >= 0.6 is 15.9 Å². The fraction of sp³-hybridized carbons (Fsp3) is 0.643. The average molecular weight is 313 g/mol. The van der Waals surface area contributed by atoms with Gasteiger partial charge in [-0.1, -0.05) is 19.8 Å². The summed E-state index contributed by atoms with van der Waals surface area (Å²) in [7, 11) is 0. The van der Waals surface area contributed by atoms with E-state index in [1.165, 1.54) is 25.7 Å². The van der Waals surface area contributed by atoms with Crippen LogP contribution in [0.2, 0.25) is 0 Å². The Hall–Kier alpha value is -0.610. The van der Waals surface area contributed by atoms with Crippen LogP contribution in [0.15, 0.2) is 22.9 Å². The first-order valence-corrected chi connectivity index (χ1v) is 7.50. The maximum atomic E-state index is 5.65. The molecule has 4 heteroatoms. The molecule has 3 nitrogen and oxygen atoms in total. The molecular weight excluding hydrogens is 292 g/mol. The molecule has 0 saturated heterocycles. The number of hydrogen-bond donors (Lipinski definition) is 1. The molecule has 1 aliphatic carbocycles. The van der Waals surface area contributed by atoms with Crippen molar-refractivity contribution in [1.82, 2.24) is 10.3 Å². The molecule has 1 heterocycles. The standard InChI is InChI=1S/C14H21BrN2O/c1-11-3-2-4-13(7-11)17-5-6-18-14-8-12(15)9-16-10-14/h8-11,13,17H,2-7H2,1H3. The molecule has 1 aromatic heterocycles. The largest absolute Gasteiger partial charge is 0.491 e. The van der Waals surface area contributed by atoms with Crippen LogP contribution < -0.4 is 10.1 Å². The third-order valence-electron chi connectivity index (χ3n) is 3.42. The molecular formula is C14H21BrN2O. The lowest BCUT2D eigenvalue weighted by atomic mass is 9.87. The number of hydrogen-bond acceptors (Lipinski definition) is 3. The Morgan fingerprint density at radius 3 is 3.11 bits per heavy atom. The van der Waals surface area contributed by atoms with Crippen LogP contribution in [-0.2, 0) is 0 Å². The Bertz CT molecular complexity index is 373. The van der Waals surface area contributed by atoms with Gasteiger partial charge in [-0.2, -0.15) is 0 Å². The molecule has 1 saturated carbocycles. The predicted molar refractivity (Wildman–Crippen MR) is 76.9 cm³/mol. The zero-order valence-electron chi connectivity index (χ0n) is 10.9. The summed E-state index contributed by atoms with van der Waals surface area (Å²) in [5, 5.41) is 3.58. The Balaban J connectivity index is 1.64. The summed E-state index contributed by atoms with van der Waals surface area (Å²) in [6, 6.07) is 2.62. The summed E-state index contributed by atoms with van der Waals surface area (Å²) in [5.74, 6) is 1.69. The van der Waals surface area contributed by atoms with Crippen LogP contribution in [0.25, 0.3) is 0 Å². The zero-order chi connectivity index (χ0) is 12.8. The minimum absolute atomic E-state index is 0.679. The van der Waals surface area contributed by atoms with Gasteiger partial charge in [-0.25, -0.2) is 0 Å². The molecule has 0 amide bonds. The number of nitrogens with zero attached hydrogens (tertiary/aromatic N) is 1. The minimum Gasteiger partial charge on any atom is -0.491 e. The van der Waals surface area contributed by atoms with E-state index in [0.717, 1.165) is 22.7 Å². The minimum atomic E-state index is 0.679. The van der Waals surface area contributed by atoms with Gasteiger partial charge in [0.05, 0.1) is 6.20 Å². The van der Waals surface area contributed by atoms with Crippen molar-refractivity contribution in [1.29, 1.82) is 0 Å². The summed E-state index contributed by atoms with van der Waals surface area (Å²) in [6.07, 6.45) is 8.86. The van der Waals surface area contributed by atoms with Crippen molar-refractivity contribution in [3.63, 3.8) is 0 Å². The van der Waals surface area contributed by atoms with Gasteiger partial charge in [0.15, 0.2) is 0 Å². The Kier molecular flexibility index (Phi) is 5.45. The highest BCUT2D eigenvalue weighted by molar-refractivity contribution is 9.10. The second kappa shape index (κ2) is 7.10. The molecule has 0 spiro atoms. The highest BCUT2D eigenvalue weighted by Crippen LogP contribution is 2.23. The number of nitrogens with one attached hydrogen (secondary N) is 1. The van der Waals surface area contributed by atoms with E-state index in [1.807, 2.05) is 6.07 Å². The van der Waals surface area contributed by atoms with E-state index >= 15 is 0 Å². The van der Waals surface area contributed by atoms with E-state index in [0.29, 0.717) is 12.6 Å². The average Bonchev–Trinajstić information content (AvgIpc) is 2.35. The van der Waals surface area contributed by atoms with E-state index in [4.69, 9.17) is 4.74 Å². The number of aromatic nitrogens is 1. The second-order valence-corrected chi connectivity index (χ2v) is 6.03. The van der Waals surface area contributed by atoms with Gasteiger partial charge in [0.1, 0.15) is 12.4 Å². The maximum absolute atomic E-state index is 5.65. The van der Waals surface area contributed by atoms with Crippen molar-refractivity contribution in [3.05, 3.63) is 22.9 Å². The van der Waals surface area contributed by atoms with Crippen LogP contribution in [0, 0.1) is 5.92 Å². The molecule has 1 aromatic rings. The normalized spacial score (nSPS) is 23.9. The first-order valence-electron chi connectivity index (χ1n) is 6.71. The van der Waals surface area contributed by atoms with E-state index in [9.17, 15) is 0 Å². The Morgan fingerprint density at radius 1 is 1.44 bits per heavy atom. The molecule has 0 aliphatic heterocycles. The van der Waals surface area contributed by atoms with Crippen LogP contribution in [0.4, 0.5) is 0 Å². The molecule has 18 heavy (non-hydrogen) atoms. The quantitative estimate of drug-likeness (QED) is 0.846. The van der Waals surface area contributed by atoms with Crippen molar-refractivity contribution in [2.75, 3.05) is 13.2 Å². The van der Waals surface area contributed by atoms with Crippen molar-refractivity contribution in [2.24, 2.45) is 5.92 Å². The van der Waals surface area contributed by atoms with Gasteiger partial charge in [-0.15, -0.1) is 0 Å². The molecule has 0 radical (unpaired) electrons. The summed E-state index contributed by atoms with van der Waals surface area (Å²) < 4.78 is 6.60. The van der Waals surface area contributed by atoms with Crippen LogP contribution in [0.1, 0.15) is 32.6 Å². The fourth-order valence-corrected chi connectivity index (χ4v) is 2.87. The van der Waals surface area contributed by atoms with Crippen molar-refractivity contribution < 1.29 is 4.74 Å². The molecule has 0 aromatic carbocycles. The smallest absolute Gasteiger partial charge is 0.138 e. The first kappa shape index (κ1) is 13.8. The predicted octanol–water partition coefficient (Wildman–Crippen LogP) is 3.39. The van der Waals surface area contributed by atoms with Crippen molar-refractivity contribution in [3.8, 4) is 5.75 Å². The highest BCUT2D eigenvalue weighted by atomic mass is 79.9. The van der Waals surface area contributed by atoms with Gasteiger partial charge in [0, 0.05) is 23.3 Å². The molecule has 2 unspecified atom stereocenters. The topological polar surface area (TPSA) is 34.1 Å². The molecule has 0 bridgehead atoms. The maximum Gasteiger partial charge on any atom is 0.138 e. The summed E-state index contributed by atoms with van der Waals surface area (Å²) in [4.78, 5) is 4.07. The SMILES string of the molecule is CC1CCCC(NCCOc2cncc(Br)c2)C1. The number of ether oxygens (including phenoxy) is 1. The molecule has 1 N–H and O–H groups in total. The molecule has 1 fully saturated rings. The van der Waals surface area contributed by atoms with E-state index < -0.39 is 0 Å². The molecule has 2 atom stereocenters. The van der Waals surface area contributed by atoms with Gasteiger partial charge < -0.3 is 10.1 Å². The Morgan fingerprint density at radius 2 is 2.33 bits per heavy atom. The van der Waals surface area contributed by atoms with Crippen LogP contribution in [0.5, 0.6) is 5.75 Å². The monoisotopic (exact) mass is 312 g/mol. The summed E-state index contributed by atoms with van der Waals surface area (Å²) in [5.41, 5.74) is 0. The second-order valence-electron chi connectivity index (χ2n) is 5.11. The van der Waals surface area contributed by atoms with Crippen molar-refractivity contribution >= 4 is 15.9 Å². The summed E-state index contributed by atoms with van der Waals surface area (Å²) in [6.45, 7) is 3.95. The molecule has 2 rings (SSSR count). The van der Waals surface area contributed by atoms with Crippen LogP contribution in [-0.4, -0.2) is 24.2 Å². The highest BCUT2D eigenvalue weighted by Gasteiger charge is 2.17. The van der Waals surface area contributed by atoms with Crippen molar-refractivity contribution in [2.45, 2.75) is 38.6 Å². The van der Waals surface area contributed by atoms with E-state index in [2.05, 4.69) is 33.2 Å². The summed E-state index contributed by atoms with van der Waals surface area (Å²) >= 11 is 3.38. The number of halogens is 1. The number of pyridine rings is 1. The first-order chi connectivity index (χ1) is 8.74. The lowest BCUT2D eigenvalue weighted by Crippen LogP contribution is -2.36. The van der Waals surface area contributed by atoms with Gasteiger partial charge >= 0.3 is 0 Å². The van der Waals surface area contributed by atoms with Gasteiger partial charge in [-0.3, -0.25) is 4.98 Å². The van der Waals surface area contributed by atoms with E-state index in [1.54, 1.807) is 12.4 Å². The fourth-order valence-electron chi connectivity index (χ4n) is 2.52.